The van der Waals surface area contributed by atoms with Crippen LogP contribution in [0.3, 0.4) is 0 Å². The molecule has 1 aromatic heterocycles. The molecule has 3 heteroatoms. The predicted octanol–water partition coefficient (Wildman–Crippen LogP) is 3.42. The van der Waals surface area contributed by atoms with Gasteiger partial charge in [-0.15, -0.1) is 11.3 Å². The van der Waals surface area contributed by atoms with Crippen molar-refractivity contribution >= 4 is 11.3 Å². The second kappa shape index (κ2) is 4.59. The zero-order valence-electron chi connectivity index (χ0n) is 10.7. The van der Waals surface area contributed by atoms with Gasteiger partial charge < -0.3 is 5.73 Å². The fourth-order valence-corrected chi connectivity index (χ4v) is 2.78. The molecule has 0 aliphatic heterocycles. The molecule has 2 nitrogen and oxygen atoms in total. The summed E-state index contributed by atoms with van der Waals surface area (Å²) in [6.07, 6.45) is 0. The van der Waals surface area contributed by atoms with Gasteiger partial charge in [0.1, 0.15) is 5.01 Å². The molecule has 90 valence electrons. The first-order chi connectivity index (χ1) is 7.99. The molecule has 17 heavy (non-hydrogen) atoms. The Morgan fingerprint density at radius 1 is 1.06 bits per heavy atom. The molecule has 1 heterocycles. The molecule has 0 saturated carbocycles. The number of aryl methyl sites for hydroxylation is 4. The van der Waals surface area contributed by atoms with Crippen LogP contribution in [-0.4, -0.2) is 4.98 Å². The first-order valence-electron chi connectivity index (χ1n) is 5.74. The maximum Gasteiger partial charge on any atom is 0.114 e. The summed E-state index contributed by atoms with van der Waals surface area (Å²) in [6, 6.07) is 4.28. The van der Waals surface area contributed by atoms with Gasteiger partial charge in [0.25, 0.3) is 0 Å². The number of thiazole rings is 1. The van der Waals surface area contributed by atoms with Crippen molar-refractivity contribution in [2.45, 2.75) is 33.7 Å². The first kappa shape index (κ1) is 12.3. The van der Waals surface area contributed by atoms with Gasteiger partial charge in [0.2, 0.25) is 0 Å². The number of rotatable bonds is 2. The van der Waals surface area contributed by atoms with E-state index in [1.54, 1.807) is 11.3 Å². The summed E-state index contributed by atoms with van der Waals surface area (Å²) >= 11 is 1.64. The zero-order valence-corrected chi connectivity index (χ0v) is 11.6. The predicted molar refractivity (Wildman–Crippen MR) is 73.5 cm³/mol. The molecule has 1 atom stereocenters. The summed E-state index contributed by atoms with van der Waals surface area (Å²) < 4.78 is 0. The van der Waals surface area contributed by atoms with Gasteiger partial charge in [-0.05, 0) is 49.9 Å². The van der Waals surface area contributed by atoms with Crippen LogP contribution >= 0.6 is 11.3 Å². The molecule has 0 bridgehead atoms. The summed E-state index contributed by atoms with van der Waals surface area (Å²) in [7, 11) is 0. The topological polar surface area (TPSA) is 38.9 Å². The van der Waals surface area contributed by atoms with Crippen molar-refractivity contribution < 1.29 is 0 Å². The van der Waals surface area contributed by atoms with Crippen LogP contribution in [0.15, 0.2) is 17.5 Å². The van der Waals surface area contributed by atoms with Gasteiger partial charge in [-0.2, -0.15) is 0 Å². The Morgan fingerprint density at radius 2 is 1.71 bits per heavy atom. The normalized spacial score (nSPS) is 12.8. The number of benzene rings is 1. The van der Waals surface area contributed by atoms with E-state index in [0.29, 0.717) is 0 Å². The Kier molecular flexibility index (Phi) is 3.31. The number of hydrogen-bond donors (Lipinski definition) is 1. The van der Waals surface area contributed by atoms with E-state index >= 15 is 0 Å². The molecule has 0 amide bonds. The Bertz CT molecular complexity index is 543. The van der Waals surface area contributed by atoms with Gasteiger partial charge in [0.05, 0.1) is 6.04 Å². The standard InChI is InChI=1S/C14H18N2S/c1-8-5-10(3)12(6-9(8)2)13(15)14-16-11(4)7-17-14/h5-7,13H,15H2,1-4H3. The smallest absolute Gasteiger partial charge is 0.114 e. The molecular weight excluding hydrogens is 228 g/mol. The van der Waals surface area contributed by atoms with E-state index in [4.69, 9.17) is 5.73 Å². The summed E-state index contributed by atoms with van der Waals surface area (Å²) in [5, 5.41) is 3.04. The molecule has 0 aliphatic carbocycles. The average Bonchev–Trinajstić information content (AvgIpc) is 2.69. The van der Waals surface area contributed by atoms with Crippen LogP contribution in [0.5, 0.6) is 0 Å². The highest BCUT2D eigenvalue weighted by atomic mass is 32.1. The largest absolute Gasteiger partial charge is 0.318 e. The number of nitrogens with zero attached hydrogens (tertiary/aromatic N) is 1. The van der Waals surface area contributed by atoms with Crippen molar-refractivity contribution in [3.63, 3.8) is 0 Å². The van der Waals surface area contributed by atoms with E-state index in [-0.39, 0.29) is 6.04 Å². The summed E-state index contributed by atoms with van der Waals surface area (Å²) in [5.41, 5.74) is 12.4. The Balaban J connectivity index is 2.43. The van der Waals surface area contributed by atoms with E-state index in [0.717, 1.165) is 10.7 Å². The highest BCUT2D eigenvalue weighted by Gasteiger charge is 2.15. The summed E-state index contributed by atoms with van der Waals surface area (Å²) in [4.78, 5) is 4.47. The van der Waals surface area contributed by atoms with Gasteiger partial charge in [0.15, 0.2) is 0 Å². The quantitative estimate of drug-likeness (QED) is 0.881. The maximum atomic E-state index is 6.30. The van der Waals surface area contributed by atoms with E-state index in [9.17, 15) is 0 Å². The van der Waals surface area contributed by atoms with Crippen molar-refractivity contribution in [3.8, 4) is 0 Å². The Hall–Kier alpha value is -1.19. The molecule has 2 aromatic rings. The lowest BCUT2D eigenvalue weighted by Crippen LogP contribution is -2.13. The maximum absolute atomic E-state index is 6.30. The molecule has 0 spiro atoms. The number of aromatic nitrogens is 1. The summed E-state index contributed by atoms with van der Waals surface area (Å²) in [6.45, 7) is 8.37. The van der Waals surface area contributed by atoms with Crippen LogP contribution < -0.4 is 5.73 Å². The minimum Gasteiger partial charge on any atom is -0.318 e. The van der Waals surface area contributed by atoms with Gasteiger partial charge in [-0.1, -0.05) is 12.1 Å². The third kappa shape index (κ3) is 2.40. The summed E-state index contributed by atoms with van der Waals surface area (Å²) in [5.74, 6) is 0. The Morgan fingerprint density at radius 3 is 2.29 bits per heavy atom. The van der Waals surface area contributed by atoms with E-state index in [1.807, 2.05) is 12.3 Å². The second-order valence-corrected chi connectivity index (χ2v) is 5.49. The van der Waals surface area contributed by atoms with Crippen molar-refractivity contribution in [2.75, 3.05) is 0 Å². The SMILES string of the molecule is Cc1csc(C(N)c2cc(C)c(C)cc2C)n1. The number of nitrogens with two attached hydrogens (primary N) is 1. The van der Waals surface area contributed by atoms with Crippen LogP contribution in [0, 0.1) is 27.7 Å². The molecule has 2 N–H and O–H groups in total. The van der Waals surface area contributed by atoms with Gasteiger partial charge >= 0.3 is 0 Å². The van der Waals surface area contributed by atoms with Crippen LogP contribution in [-0.2, 0) is 0 Å². The lowest BCUT2D eigenvalue weighted by molar-refractivity contribution is 0.841. The molecule has 0 fully saturated rings. The van der Waals surface area contributed by atoms with Crippen LogP contribution in [0.1, 0.15) is 39.0 Å². The lowest BCUT2D eigenvalue weighted by Gasteiger charge is -2.14. The van der Waals surface area contributed by atoms with Gasteiger partial charge in [0, 0.05) is 11.1 Å². The van der Waals surface area contributed by atoms with E-state index < -0.39 is 0 Å². The van der Waals surface area contributed by atoms with Crippen LogP contribution in [0.25, 0.3) is 0 Å². The molecule has 0 saturated heterocycles. The van der Waals surface area contributed by atoms with Crippen LogP contribution in [0.4, 0.5) is 0 Å². The minimum absolute atomic E-state index is 0.104. The third-order valence-corrected chi connectivity index (χ3v) is 4.17. The molecule has 1 unspecified atom stereocenters. The fourth-order valence-electron chi connectivity index (χ4n) is 1.97. The average molecular weight is 246 g/mol. The van der Waals surface area contributed by atoms with Crippen molar-refractivity contribution in [2.24, 2.45) is 5.73 Å². The van der Waals surface area contributed by atoms with Crippen molar-refractivity contribution in [3.05, 3.63) is 50.5 Å². The van der Waals surface area contributed by atoms with Gasteiger partial charge in [-0.25, -0.2) is 4.98 Å². The highest BCUT2D eigenvalue weighted by Crippen LogP contribution is 2.27. The Labute approximate surface area is 107 Å². The van der Waals surface area contributed by atoms with Crippen molar-refractivity contribution in [1.29, 1.82) is 0 Å². The van der Waals surface area contributed by atoms with E-state index in [1.165, 1.54) is 22.3 Å². The monoisotopic (exact) mass is 246 g/mol. The second-order valence-electron chi connectivity index (χ2n) is 4.60. The lowest BCUT2D eigenvalue weighted by atomic mass is 9.96. The zero-order chi connectivity index (χ0) is 12.6. The third-order valence-electron chi connectivity index (χ3n) is 3.12. The number of hydrogen-bond acceptors (Lipinski definition) is 3. The molecule has 0 aliphatic rings. The van der Waals surface area contributed by atoms with Crippen molar-refractivity contribution in [1.82, 2.24) is 4.98 Å². The molecular formula is C14H18N2S. The molecule has 1 aromatic carbocycles. The van der Waals surface area contributed by atoms with Crippen LogP contribution in [0.2, 0.25) is 0 Å². The highest BCUT2D eigenvalue weighted by molar-refractivity contribution is 7.09. The molecule has 0 radical (unpaired) electrons. The van der Waals surface area contributed by atoms with E-state index in [2.05, 4.69) is 37.9 Å². The molecule has 2 rings (SSSR count). The fraction of sp³-hybridized carbons (Fsp3) is 0.357. The first-order valence-corrected chi connectivity index (χ1v) is 6.62. The van der Waals surface area contributed by atoms with Gasteiger partial charge in [-0.3, -0.25) is 0 Å². The minimum atomic E-state index is -0.104.